The first kappa shape index (κ1) is 15.4. The van der Waals surface area contributed by atoms with E-state index < -0.39 is 30.4 Å². The lowest BCUT2D eigenvalue weighted by molar-refractivity contribution is -0.145. The van der Waals surface area contributed by atoms with Gasteiger partial charge in [0.05, 0.1) is 6.42 Å². The van der Waals surface area contributed by atoms with Crippen molar-refractivity contribution in [2.24, 2.45) is 0 Å². The number of urea groups is 1. The van der Waals surface area contributed by atoms with Gasteiger partial charge in [0.1, 0.15) is 6.04 Å². The summed E-state index contributed by atoms with van der Waals surface area (Å²) in [6, 6.07) is 3.20. The topological polar surface area (TPSA) is 129 Å². The number of carboxylic acids is 2. The number of rotatable bonds is 7. The maximum absolute atomic E-state index is 11.4. The molecule has 4 N–H and O–H groups in total. The number of pyridine rings is 1. The maximum atomic E-state index is 11.4. The Morgan fingerprint density at radius 2 is 2.00 bits per heavy atom. The zero-order chi connectivity index (χ0) is 15.0. The van der Waals surface area contributed by atoms with Crippen molar-refractivity contribution in [2.45, 2.75) is 18.9 Å². The van der Waals surface area contributed by atoms with Gasteiger partial charge in [-0.05, 0) is 12.1 Å². The summed E-state index contributed by atoms with van der Waals surface area (Å²) in [7, 11) is 0. The number of hydrogen-bond donors (Lipinski definition) is 4. The van der Waals surface area contributed by atoms with Gasteiger partial charge in [-0.15, -0.1) is 0 Å². The van der Waals surface area contributed by atoms with Crippen LogP contribution in [0.2, 0.25) is 0 Å². The minimum absolute atomic E-state index is 0.266. The number of aliphatic carboxylic acids is 2. The zero-order valence-electron chi connectivity index (χ0n) is 10.6. The van der Waals surface area contributed by atoms with Crippen LogP contribution in [0.1, 0.15) is 12.1 Å². The summed E-state index contributed by atoms with van der Waals surface area (Å²) < 4.78 is 0. The Bertz CT molecular complexity index is 477. The Hall–Kier alpha value is -2.64. The molecular formula is C12H15N3O5. The Labute approximate surface area is 114 Å². The summed E-state index contributed by atoms with van der Waals surface area (Å²) in [5.74, 6) is -2.70. The molecule has 1 aromatic heterocycles. The van der Waals surface area contributed by atoms with Gasteiger partial charge in [-0.25, -0.2) is 9.59 Å². The van der Waals surface area contributed by atoms with Crippen molar-refractivity contribution in [2.75, 3.05) is 6.54 Å². The van der Waals surface area contributed by atoms with E-state index >= 15 is 0 Å². The van der Waals surface area contributed by atoms with E-state index in [2.05, 4.69) is 15.6 Å². The fourth-order valence-electron chi connectivity index (χ4n) is 1.43. The average Bonchev–Trinajstić information content (AvgIpc) is 2.38. The third-order valence-electron chi connectivity index (χ3n) is 2.38. The van der Waals surface area contributed by atoms with Gasteiger partial charge in [-0.3, -0.25) is 9.78 Å². The number of hydrogen-bond acceptors (Lipinski definition) is 4. The third-order valence-corrected chi connectivity index (χ3v) is 2.38. The third kappa shape index (κ3) is 5.80. The SMILES string of the molecule is O=C(O)C[C@H](NC(=O)NCCc1ccccn1)C(=O)O. The maximum Gasteiger partial charge on any atom is 0.326 e. The molecule has 108 valence electrons. The van der Waals surface area contributed by atoms with Crippen molar-refractivity contribution in [3.05, 3.63) is 30.1 Å². The highest BCUT2D eigenvalue weighted by Crippen LogP contribution is 1.94. The number of carbonyl (C=O) groups is 3. The lowest BCUT2D eigenvalue weighted by Crippen LogP contribution is -2.47. The van der Waals surface area contributed by atoms with Crippen LogP contribution in [0, 0.1) is 0 Å². The van der Waals surface area contributed by atoms with E-state index in [1.807, 2.05) is 6.07 Å². The highest BCUT2D eigenvalue weighted by atomic mass is 16.4. The van der Waals surface area contributed by atoms with Crippen LogP contribution >= 0.6 is 0 Å². The molecule has 0 aliphatic rings. The molecule has 0 aromatic carbocycles. The van der Waals surface area contributed by atoms with Gasteiger partial charge in [0.25, 0.3) is 0 Å². The largest absolute Gasteiger partial charge is 0.481 e. The summed E-state index contributed by atoms with van der Waals surface area (Å²) in [6.45, 7) is 0.266. The van der Waals surface area contributed by atoms with Crippen molar-refractivity contribution < 1.29 is 24.6 Å². The number of nitrogens with zero attached hydrogens (tertiary/aromatic N) is 1. The van der Waals surface area contributed by atoms with Crippen LogP contribution in [0.3, 0.4) is 0 Å². The molecule has 2 amide bonds. The van der Waals surface area contributed by atoms with Gasteiger partial charge >= 0.3 is 18.0 Å². The Balaban J connectivity index is 2.35. The van der Waals surface area contributed by atoms with Crippen LogP contribution < -0.4 is 10.6 Å². The molecule has 0 bridgehead atoms. The van der Waals surface area contributed by atoms with Crippen molar-refractivity contribution in [3.63, 3.8) is 0 Å². The van der Waals surface area contributed by atoms with E-state index in [1.54, 1.807) is 18.3 Å². The number of aromatic nitrogens is 1. The van der Waals surface area contributed by atoms with E-state index in [1.165, 1.54) is 0 Å². The molecule has 8 nitrogen and oxygen atoms in total. The van der Waals surface area contributed by atoms with E-state index in [4.69, 9.17) is 10.2 Å². The minimum Gasteiger partial charge on any atom is -0.481 e. The standard InChI is InChI=1S/C12H15N3O5/c16-10(17)7-9(11(18)19)15-12(20)14-6-4-8-3-1-2-5-13-8/h1-3,5,9H,4,6-7H2,(H,16,17)(H,18,19)(H2,14,15,20)/t9-/m0/s1. The van der Waals surface area contributed by atoms with Gasteiger partial charge in [0.15, 0.2) is 0 Å². The van der Waals surface area contributed by atoms with Crippen molar-refractivity contribution >= 4 is 18.0 Å². The van der Waals surface area contributed by atoms with Crippen LogP contribution in [0.4, 0.5) is 4.79 Å². The molecule has 0 aliphatic carbocycles. The van der Waals surface area contributed by atoms with E-state index in [9.17, 15) is 14.4 Å². The first-order valence-corrected chi connectivity index (χ1v) is 5.88. The fourth-order valence-corrected chi connectivity index (χ4v) is 1.43. The highest BCUT2D eigenvalue weighted by molar-refractivity contribution is 5.86. The van der Waals surface area contributed by atoms with Crippen molar-refractivity contribution in [3.8, 4) is 0 Å². The van der Waals surface area contributed by atoms with E-state index in [0.29, 0.717) is 6.42 Å². The van der Waals surface area contributed by atoms with Crippen LogP contribution in [0.5, 0.6) is 0 Å². The number of amides is 2. The molecule has 1 aromatic rings. The smallest absolute Gasteiger partial charge is 0.326 e. The second-order valence-corrected chi connectivity index (χ2v) is 3.96. The van der Waals surface area contributed by atoms with Gasteiger partial charge in [0.2, 0.25) is 0 Å². The van der Waals surface area contributed by atoms with Gasteiger partial charge in [0, 0.05) is 24.9 Å². The quantitative estimate of drug-likeness (QED) is 0.550. The van der Waals surface area contributed by atoms with E-state index in [-0.39, 0.29) is 6.54 Å². The molecule has 0 aliphatic heterocycles. The molecular weight excluding hydrogens is 266 g/mol. The molecule has 8 heteroatoms. The van der Waals surface area contributed by atoms with Crippen LogP contribution in [0.15, 0.2) is 24.4 Å². The minimum atomic E-state index is -1.46. The fraction of sp³-hybridized carbons (Fsp3) is 0.333. The zero-order valence-corrected chi connectivity index (χ0v) is 10.6. The second kappa shape index (κ2) is 7.72. The summed E-state index contributed by atoms with van der Waals surface area (Å²) >= 11 is 0. The van der Waals surface area contributed by atoms with Crippen LogP contribution in [-0.4, -0.2) is 45.8 Å². The summed E-state index contributed by atoms with van der Waals surface area (Å²) in [6.07, 6.45) is 1.44. The van der Waals surface area contributed by atoms with Crippen LogP contribution in [-0.2, 0) is 16.0 Å². The van der Waals surface area contributed by atoms with Crippen LogP contribution in [0.25, 0.3) is 0 Å². The predicted molar refractivity (Wildman–Crippen MR) is 68.2 cm³/mol. The first-order valence-electron chi connectivity index (χ1n) is 5.88. The molecule has 1 rings (SSSR count). The summed E-state index contributed by atoms with van der Waals surface area (Å²) in [5, 5.41) is 21.8. The molecule has 0 spiro atoms. The average molecular weight is 281 g/mol. The lowest BCUT2D eigenvalue weighted by Gasteiger charge is -2.13. The lowest BCUT2D eigenvalue weighted by atomic mass is 10.2. The Morgan fingerprint density at radius 3 is 2.55 bits per heavy atom. The molecule has 20 heavy (non-hydrogen) atoms. The predicted octanol–water partition coefficient (Wildman–Crippen LogP) is -0.149. The van der Waals surface area contributed by atoms with Gasteiger partial charge < -0.3 is 20.8 Å². The molecule has 0 saturated carbocycles. The monoisotopic (exact) mass is 281 g/mol. The Kier molecular flexibility index (Phi) is 5.95. The molecule has 0 saturated heterocycles. The first-order chi connectivity index (χ1) is 9.49. The highest BCUT2D eigenvalue weighted by Gasteiger charge is 2.22. The second-order valence-electron chi connectivity index (χ2n) is 3.96. The van der Waals surface area contributed by atoms with Gasteiger partial charge in [-0.2, -0.15) is 0 Å². The molecule has 1 heterocycles. The number of carboxylic acid groups (broad SMARTS) is 2. The molecule has 0 unspecified atom stereocenters. The number of nitrogens with one attached hydrogen (secondary N) is 2. The number of carbonyl (C=O) groups excluding carboxylic acids is 1. The molecule has 0 fully saturated rings. The van der Waals surface area contributed by atoms with Crippen molar-refractivity contribution in [1.29, 1.82) is 0 Å². The normalized spacial score (nSPS) is 11.4. The summed E-state index contributed by atoms with van der Waals surface area (Å²) in [4.78, 5) is 36.7. The van der Waals surface area contributed by atoms with Gasteiger partial charge in [-0.1, -0.05) is 6.07 Å². The Morgan fingerprint density at radius 1 is 1.25 bits per heavy atom. The molecule has 0 radical (unpaired) electrons. The van der Waals surface area contributed by atoms with E-state index in [0.717, 1.165) is 5.69 Å². The summed E-state index contributed by atoms with van der Waals surface area (Å²) in [5.41, 5.74) is 0.785. The van der Waals surface area contributed by atoms with Crippen molar-refractivity contribution in [1.82, 2.24) is 15.6 Å². The molecule has 1 atom stereocenters.